The van der Waals surface area contributed by atoms with Crippen molar-refractivity contribution in [2.24, 2.45) is 0 Å². The lowest BCUT2D eigenvalue weighted by Gasteiger charge is -2.09. The van der Waals surface area contributed by atoms with Crippen molar-refractivity contribution in [3.8, 4) is 22.7 Å². The molecule has 1 amide bonds. The van der Waals surface area contributed by atoms with E-state index in [1.165, 1.54) is 12.1 Å². The highest BCUT2D eigenvalue weighted by atomic mass is 19.1. The van der Waals surface area contributed by atoms with Gasteiger partial charge in [0, 0.05) is 17.4 Å². The lowest BCUT2D eigenvalue weighted by Crippen LogP contribution is -2.13. The molecule has 1 aromatic heterocycles. The van der Waals surface area contributed by atoms with Crippen LogP contribution in [0.1, 0.15) is 15.9 Å². The Morgan fingerprint density at radius 2 is 1.83 bits per heavy atom. The summed E-state index contributed by atoms with van der Waals surface area (Å²) in [6.45, 7) is 1.81. The maximum Gasteiger partial charge on any atom is 0.259 e. The van der Waals surface area contributed by atoms with Crippen LogP contribution in [0.4, 0.5) is 10.1 Å². The molecular weight excluding hydrogens is 381 g/mol. The third-order valence-electron chi connectivity index (χ3n) is 4.77. The number of anilines is 1. The van der Waals surface area contributed by atoms with Gasteiger partial charge in [-0.2, -0.15) is 5.10 Å². The maximum atomic E-state index is 13.7. The summed E-state index contributed by atoms with van der Waals surface area (Å²) in [5, 5.41) is 7.46. The Hall–Kier alpha value is -3.93. The fraction of sp³-hybridized carbons (Fsp3) is 0.0833. The lowest BCUT2D eigenvalue weighted by atomic mass is 10.1. The molecule has 0 atom stereocenters. The average Bonchev–Trinajstić information content (AvgIpc) is 3.23. The molecule has 0 saturated carbocycles. The van der Waals surface area contributed by atoms with Gasteiger partial charge in [0.15, 0.2) is 0 Å². The quantitative estimate of drug-likeness (QED) is 0.497. The molecule has 5 nitrogen and oxygen atoms in total. The van der Waals surface area contributed by atoms with E-state index in [1.807, 2.05) is 61.5 Å². The van der Waals surface area contributed by atoms with Crippen LogP contribution in [0.3, 0.4) is 0 Å². The highest BCUT2D eigenvalue weighted by molar-refractivity contribution is 6.08. The Bertz CT molecular complexity index is 1200. The summed E-state index contributed by atoms with van der Waals surface area (Å²) in [6, 6.07) is 21.2. The fourth-order valence-corrected chi connectivity index (χ4v) is 3.16. The summed E-state index contributed by atoms with van der Waals surface area (Å²) < 4.78 is 20.6. The number of aryl methyl sites for hydroxylation is 1. The summed E-state index contributed by atoms with van der Waals surface area (Å²) in [4.78, 5) is 13.2. The number of hydrogen-bond donors (Lipinski definition) is 1. The molecule has 0 radical (unpaired) electrons. The van der Waals surface area contributed by atoms with Crippen molar-refractivity contribution >= 4 is 11.6 Å². The maximum absolute atomic E-state index is 13.7. The molecule has 0 aliphatic rings. The number of nitrogens with zero attached hydrogens (tertiary/aromatic N) is 2. The zero-order chi connectivity index (χ0) is 21.1. The number of rotatable bonds is 5. The predicted molar refractivity (Wildman–Crippen MR) is 115 cm³/mol. The van der Waals surface area contributed by atoms with E-state index in [2.05, 4.69) is 10.4 Å². The van der Waals surface area contributed by atoms with Crippen LogP contribution >= 0.6 is 0 Å². The van der Waals surface area contributed by atoms with Crippen LogP contribution in [0.15, 0.2) is 79.0 Å². The van der Waals surface area contributed by atoms with Gasteiger partial charge in [0.1, 0.15) is 17.3 Å². The van der Waals surface area contributed by atoms with Crippen molar-refractivity contribution < 1.29 is 13.9 Å². The van der Waals surface area contributed by atoms with Crippen LogP contribution in [-0.4, -0.2) is 22.8 Å². The van der Waals surface area contributed by atoms with Gasteiger partial charge in [0.05, 0.1) is 18.4 Å². The number of carbonyl (C=O) groups is 1. The standard InChI is InChI=1S/C24H20FN3O2/c1-16-11-12-18(25)14-22(16)26-24(29)21-15-28(19-8-4-3-5-9-19)27-23(21)17-7-6-10-20(13-17)30-2/h3-15H,1-2H3,(H,26,29). The minimum Gasteiger partial charge on any atom is -0.497 e. The number of amides is 1. The number of carbonyl (C=O) groups excluding carboxylic acids is 1. The number of hydrogen-bond acceptors (Lipinski definition) is 3. The minimum absolute atomic E-state index is 0.371. The summed E-state index contributed by atoms with van der Waals surface area (Å²) in [6.07, 6.45) is 1.67. The van der Waals surface area contributed by atoms with Crippen molar-refractivity contribution in [2.45, 2.75) is 6.92 Å². The van der Waals surface area contributed by atoms with Crippen LogP contribution in [-0.2, 0) is 0 Å². The number of halogens is 1. The van der Waals surface area contributed by atoms with Crippen molar-refractivity contribution in [2.75, 3.05) is 12.4 Å². The number of para-hydroxylation sites is 1. The van der Waals surface area contributed by atoms with E-state index in [0.29, 0.717) is 22.7 Å². The van der Waals surface area contributed by atoms with Crippen LogP contribution in [0.25, 0.3) is 16.9 Å². The normalized spacial score (nSPS) is 10.6. The summed E-state index contributed by atoms with van der Waals surface area (Å²) in [5.74, 6) is -0.123. The molecule has 0 aliphatic carbocycles. The first-order valence-electron chi connectivity index (χ1n) is 9.42. The molecule has 0 spiro atoms. The molecule has 0 unspecified atom stereocenters. The summed E-state index contributed by atoms with van der Waals surface area (Å²) in [5.41, 5.74) is 3.63. The molecule has 6 heteroatoms. The fourth-order valence-electron chi connectivity index (χ4n) is 3.16. The molecule has 1 heterocycles. The van der Waals surface area contributed by atoms with Crippen molar-refractivity contribution in [1.29, 1.82) is 0 Å². The van der Waals surface area contributed by atoms with Crippen molar-refractivity contribution in [1.82, 2.24) is 9.78 Å². The van der Waals surface area contributed by atoms with E-state index >= 15 is 0 Å². The molecule has 150 valence electrons. The van der Waals surface area contributed by atoms with E-state index in [9.17, 15) is 9.18 Å². The van der Waals surface area contributed by atoms with Crippen LogP contribution in [0, 0.1) is 12.7 Å². The largest absolute Gasteiger partial charge is 0.497 e. The van der Waals surface area contributed by atoms with E-state index in [-0.39, 0.29) is 5.91 Å². The highest BCUT2D eigenvalue weighted by Crippen LogP contribution is 2.28. The number of aromatic nitrogens is 2. The Labute approximate surface area is 173 Å². The smallest absolute Gasteiger partial charge is 0.259 e. The average molecular weight is 401 g/mol. The highest BCUT2D eigenvalue weighted by Gasteiger charge is 2.20. The molecule has 0 fully saturated rings. The van der Waals surface area contributed by atoms with Crippen LogP contribution < -0.4 is 10.1 Å². The first-order valence-corrected chi connectivity index (χ1v) is 9.42. The summed E-state index contributed by atoms with van der Waals surface area (Å²) >= 11 is 0. The molecule has 30 heavy (non-hydrogen) atoms. The van der Waals surface area contributed by atoms with Crippen LogP contribution in [0.2, 0.25) is 0 Å². The second-order valence-corrected chi connectivity index (χ2v) is 6.82. The molecule has 1 N–H and O–H groups in total. The first kappa shape index (κ1) is 19.4. The van der Waals surface area contributed by atoms with Gasteiger partial charge in [0.2, 0.25) is 0 Å². The second-order valence-electron chi connectivity index (χ2n) is 6.82. The topological polar surface area (TPSA) is 56.2 Å². The summed E-state index contributed by atoms with van der Waals surface area (Å²) in [7, 11) is 1.59. The van der Waals surface area contributed by atoms with Crippen molar-refractivity contribution in [3.63, 3.8) is 0 Å². The Balaban J connectivity index is 1.79. The zero-order valence-corrected chi connectivity index (χ0v) is 16.6. The molecule has 0 saturated heterocycles. The molecule has 0 bridgehead atoms. The van der Waals surface area contributed by atoms with Gasteiger partial charge in [-0.05, 0) is 48.9 Å². The number of benzene rings is 3. The lowest BCUT2D eigenvalue weighted by molar-refractivity contribution is 0.102. The zero-order valence-electron chi connectivity index (χ0n) is 16.6. The monoisotopic (exact) mass is 401 g/mol. The molecule has 4 rings (SSSR count). The van der Waals surface area contributed by atoms with Gasteiger partial charge in [-0.3, -0.25) is 4.79 Å². The van der Waals surface area contributed by atoms with Gasteiger partial charge < -0.3 is 10.1 Å². The first-order chi connectivity index (χ1) is 14.5. The van der Waals surface area contributed by atoms with Gasteiger partial charge in [-0.15, -0.1) is 0 Å². The van der Waals surface area contributed by atoms with E-state index in [0.717, 1.165) is 16.8 Å². The molecular formula is C24H20FN3O2. The Morgan fingerprint density at radius 1 is 1.03 bits per heavy atom. The molecule has 4 aromatic rings. The Kier molecular flexibility index (Phi) is 5.30. The van der Waals surface area contributed by atoms with E-state index in [1.54, 1.807) is 24.1 Å². The van der Waals surface area contributed by atoms with Crippen molar-refractivity contribution in [3.05, 3.63) is 95.9 Å². The Morgan fingerprint density at radius 3 is 2.60 bits per heavy atom. The second kappa shape index (κ2) is 8.21. The van der Waals surface area contributed by atoms with Crippen LogP contribution in [0.5, 0.6) is 5.75 Å². The van der Waals surface area contributed by atoms with E-state index < -0.39 is 5.82 Å². The minimum atomic E-state index is -0.413. The van der Waals surface area contributed by atoms with Gasteiger partial charge in [-0.1, -0.05) is 36.4 Å². The van der Waals surface area contributed by atoms with Gasteiger partial charge in [-0.25, -0.2) is 9.07 Å². The van der Waals surface area contributed by atoms with E-state index in [4.69, 9.17) is 4.74 Å². The molecule has 3 aromatic carbocycles. The third-order valence-corrected chi connectivity index (χ3v) is 4.77. The third kappa shape index (κ3) is 3.93. The van der Waals surface area contributed by atoms with Gasteiger partial charge in [0.25, 0.3) is 5.91 Å². The van der Waals surface area contributed by atoms with Gasteiger partial charge >= 0.3 is 0 Å². The number of nitrogens with one attached hydrogen (secondary N) is 1. The SMILES string of the molecule is COc1cccc(-c2nn(-c3ccccc3)cc2C(=O)Nc2cc(F)ccc2C)c1. The molecule has 0 aliphatic heterocycles. The number of methoxy groups -OCH3 is 1. The number of ether oxygens (including phenoxy) is 1. The predicted octanol–water partition coefficient (Wildman–Crippen LogP) is 5.25.